The summed E-state index contributed by atoms with van der Waals surface area (Å²) < 4.78 is 9.19. The molecule has 31 heavy (non-hydrogen) atoms. The minimum absolute atomic E-state index is 0.128. The third-order valence-electron chi connectivity index (χ3n) is 4.67. The van der Waals surface area contributed by atoms with E-state index >= 15 is 0 Å². The van der Waals surface area contributed by atoms with Gasteiger partial charge in [0.25, 0.3) is 5.56 Å². The van der Waals surface area contributed by atoms with E-state index in [4.69, 9.17) is 16.0 Å². The average Bonchev–Trinajstić information content (AvgIpc) is 3.43. The van der Waals surface area contributed by atoms with Crippen molar-refractivity contribution in [2.45, 2.75) is 17.5 Å². The Hall–Kier alpha value is -3.43. The molecular weight excluding hydrogens is 436 g/mol. The molecule has 0 N–H and O–H groups in total. The highest BCUT2D eigenvalue weighted by Crippen LogP contribution is 2.26. The van der Waals surface area contributed by atoms with E-state index in [0.717, 1.165) is 11.1 Å². The molecule has 0 aliphatic heterocycles. The van der Waals surface area contributed by atoms with Gasteiger partial charge in [0.2, 0.25) is 17.6 Å². The van der Waals surface area contributed by atoms with Crippen molar-refractivity contribution < 1.29 is 4.42 Å². The summed E-state index contributed by atoms with van der Waals surface area (Å²) in [4.78, 5) is 12.9. The second-order valence-electron chi connectivity index (χ2n) is 6.64. The van der Waals surface area contributed by atoms with E-state index in [2.05, 4.69) is 27.0 Å². The Bertz CT molecular complexity index is 1470. The van der Waals surface area contributed by atoms with Gasteiger partial charge in [-0.05, 0) is 36.4 Å². The summed E-state index contributed by atoms with van der Waals surface area (Å²) in [7, 11) is 0. The van der Waals surface area contributed by atoms with Crippen LogP contribution in [0.15, 0.2) is 75.6 Å². The molecule has 5 aromatic rings. The first-order valence-electron chi connectivity index (χ1n) is 9.34. The molecule has 3 aromatic heterocycles. The Kier molecular flexibility index (Phi) is 5.05. The molecule has 0 aliphatic carbocycles. The molecular formula is C21H15ClN6O2S. The van der Waals surface area contributed by atoms with Crippen LogP contribution in [0.25, 0.3) is 28.1 Å². The van der Waals surface area contributed by atoms with Crippen LogP contribution in [0.4, 0.5) is 0 Å². The largest absolute Gasteiger partial charge is 0.420 e. The molecule has 0 bridgehead atoms. The molecule has 0 saturated carbocycles. The molecule has 154 valence electrons. The Morgan fingerprint density at radius 2 is 1.87 bits per heavy atom. The Morgan fingerprint density at radius 1 is 1.06 bits per heavy atom. The predicted molar refractivity (Wildman–Crippen MR) is 119 cm³/mol. The zero-order valence-corrected chi connectivity index (χ0v) is 17.7. The topological polar surface area (TPSA) is 91.1 Å². The fraction of sp³-hybridized carbons (Fsp3) is 0.0952. The highest BCUT2D eigenvalue weighted by Gasteiger charge is 2.17. The fourth-order valence-corrected chi connectivity index (χ4v) is 4.17. The van der Waals surface area contributed by atoms with Crippen molar-refractivity contribution in [1.29, 1.82) is 0 Å². The van der Waals surface area contributed by atoms with Crippen molar-refractivity contribution in [2.75, 3.05) is 0 Å². The number of thioether (sulfide) groups is 1. The lowest BCUT2D eigenvalue weighted by molar-refractivity contribution is 0.528. The van der Waals surface area contributed by atoms with Crippen LogP contribution in [0, 0.1) is 0 Å². The molecule has 0 radical (unpaired) electrons. The normalized spacial score (nSPS) is 11.4. The van der Waals surface area contributed by atoms with E-state index in [9.17, 15) is 4.79 Å². The minimum atomic E-state index is -0.128. The number of allylic oxidation sites excluding steroid dienone is 1. The smallest absolute Gasteiger partial charge is 0.263 e. The SMILES string of the molecule is C=CCn1c(=O)c2ccccc2n2c(SCc3nnc(-c4ccc(Cl)cc4)o3)nnc12. The molecule has 5 rings (SSSR count). The van der Waals surface area contributed by atoms with Crippen LogP contribution >= 0.6 is 23.4 Å². The number of rotatable bonds is 6. The molecule has 0 atom stereocenters. The van der Waals surface area contributed by atoms with E-state index in [1.165, 1.54) is 11.8 Å². The van der Waals surface area contributed by atoms with E-state index in [0.29, 0.717) is 45.4 Å². The monoisotopic (exact) mass is 450 g/mol. The number of aromatic nitrogens is 6. The van der Waals surface area contributed by atoms with Crippen molar-refractivity contribution in [3.05, 3.63) is 82.5 Å². The van der Waals surface area contributed by atoms with Gasteiger partial charge in [0.05, 0.1) is 16.7 Å². The predicted octanol–water partition coefficient (Wildman–Crippen LogP) is 4.23. The molecule has 0 amide bonds. The van der Waals surface area contributed by atoms with Gasteiger partial charge in [0.15, 0.2) is 5.16 Å². The quantitative estimate of drug-likeness (QED) is 0.282. The van der Waals surface area contributed by atoms with Gasteiger partial charge in [0.1, 0.15) is 0 Å². The first-order valence-corrected chi connectivity index (χ1v) is 10.7. The number of halogens is 1. The number of hydrogen-bond acceptors (Lipinski definition) is 7. The maximum atomic E-state index is 12.9. The number of para-hydroxylation sites is 1. The van der Waals surface area contributed by atoms with Crippen LogP contribution in [0.5, 0.6) is 0 Å². The van der Waals surface area contributed by atoms with Crippen molar-refractivity contribution in [3.8, 4) is 11.5 Å². The maximum absolute atomic E-state index is 12.9. The summed E-state index contributed by atoms with van der Waals surface area (Å²) in [5.41, 5.74) is 1.40. The first-order chi connectivity index (χ1) is 15.2. The van der Waals surface area contributed by atoms with Gasteiger partial charge in [-0.15, -0.1) is 27.0 Å². The van der Waals surface area contributed by atoms with Crippen molar-refractivity contribution in [2.24, 2.45) is 0 Å². The third-order valence-corrected chi connectivity index (χ3v) is 5.84. The summed E-state index contributed by atoms with van der Waals surface area (Å²) in [5.74, 6) is 1.73. The van der Waals surface area contributed by atoms with Crippen LogP contribution < -0.4 is 5.56 Å². The van der Waals surface area contributed by atoms with Crippen molar-refractivity contribution >= 4 is 40.0 Å². The van der Waals surface area contributed by atoms with Crippen molar-refractivity contribution in [1.82, 2.24) is 29.4 Å². The van der Waals surface area contributed by atoms with Gasteiger partial charge < -0.3 is 4.42 Å². The number of nitrogens with zero attached hydrogens (tertiary/aromatic N) is 6. The summed E-state index contributed by atoms with van der Waals surface area (Å²) in [6.45, 7) is 4.08. The zero-order valence-electron chi connectivity index (χ0n) is 16.1. The molecule has 0 unspecified atom stereocenters. The van der Waals surface area contributed by atoms with Crippen LogP contribution in [0.3, 0.4) is 0 Å². The Labute approximate surface area is 185 Å². The minimum Gasteiger partial charge on any atom is -0.420 e. The molecule has 8 nitrogen and oxygen atoms in total. The molecule has 10 heteroatoms. The van der Waals surface area contributed by atoms with E-state index in [1.54, 1.807) is 28.8 Å². The lowest BCUT2D eigenvalue weighted by atomic mass is 10.2. The van der Waals surface area contributed by atoms with Gasteiger partial charge in [-0.25, -0.2) is 0 Å². The fourth-order valence-electron chi connectivity index (χ4n) is 3.27. The number of benzene rings is 2. The third kappa shape index (κ3) is 3.51. The highest BCUT2D eigenvalue weighted by molar-refractivity contribution is 7.98. The standard InChI is InChI=1S/C21H15ClN6O2S/c1-2-11-27-19(29)15-5-3-4-6-16(15)28-20(27)25-26-21(28)31-12-17-23-24-18(30-17)13-7-9-14(22)10-8-13/h2-10H,1,11-12H2. The highest BCUT2D eigenvalue weighted by atomic mass is 35.5. The van der Waals surface area contributed by atoms with Gasteiger partial charge in [0, 0.05) is 17.1 Å². The average molecular weight is 451 g/mol. The summed E-state index contributed by atoms with van der Waals surface area (Å²) >= 11 is 7.33. The van der Waals surface area contributed by atoms with Crippen LogP contribution in [-0.4, -0.2) is 29.4 Å². The molecule has 2 aromatic carbocycles. The van der Waals surface area contributed by atoms with Crippen LogP contribution in [0.1, 0.15) is 5.89 Å². The lowest BCUT2D eigenvalue weighted by Gasteiger charge is -2.09. The first kappa shape index (κ1) is 19.5. The van der Waals surface area contributed by atoms with E-state index in [1.807, 2.05) is 34.7 Å². The molecule has 0 aliphatic rings. The molecule has 0 saturated heterocycles. The second-order valence-corrected chi connectivity index (χ2v) is 8.02. The molecule has 0 spiro atoms. The Morgan fingerprint density at radius 3 is 2.68 bits per heavy atom. The Balaban J connectivity index is 1.50. The zero-order chi connectivity index (χ0) is 21.4. The van der Waals surface area contributed by atoms with E-state index in [-0.39, 0.29) is 5.56 Å². The summed E-state index contributed by atoms with van der Waals surface area (Å²) in [6.07, 6.45) is 1.66. The van der Waals surface area contributed by atoms with Crippen LogP contribution in [0.2, 0.25) is 5.02 Å². The molecule has 0 fully saturated rings. The van der Waals surface area contributed by atoms with Crippen molar-refractivity contribution in [3.63, 3.8) is 0 Å². The summed E-state index contributed by atoms with van der Waals surface area (Å²) in [5, 5.41) is 18.6. The second kappa shape index (κ2) is 8.01. The molecule has 3 heterocycles. The van der Waals surface area contributed by atoms with E-state index < -0.39 is 0 Å². The number of hydrogen-bond donors (Lipinski definition) is 0. The maximum Gasteiger partial charge on any atom is 0.263 e. The van der Waals surface area contributed by atoms with Gasteiger partial charge >= 0.3 is 0 Å². The summed E-state index contributed by atoms with van der Waals surface area (Å²) in [6, 6.07) is 14.6. The lowest BCUT2D eigenvalue weighted by Crippen LogP contribution is -2.22. The number of fused-ring (bicyclic) bond motifs is 3. The van der Waals surface area contributed by atoms with Gasteiger partial charge in [-0.3, -0.25) is 13.8 Å². The van der Waals surface area contributed by atoms with Gasteiger partial charge in [-0.2, -0.15) is 0 Å². The van der Waals surface area contributed by atoms with Crippen LogP contribution in [-0.2, 0) is 12.3 Å². The van der Waals surface area contributed by atoms with Gasteiger partial charge in [-0.1, -0.05) is 41.6 Å².